The van der Waals surface area contributed by atoms with Crippen LogP contribution in [-0.4, -0.2) is 59.7 Å². The molecule has 154 valence electrons. The van der Waals surface area contributed by atoms with E-state index in [4.69, 9.17) is 0 Å². The second-order valence-corrected chi connectivity index (χ2v) is 8.46. The lowest BCUT2D eigenvalue weighted by Gasteiger charge is -2.41. The van der Waals surface area contributed by atoms with Gasteiger partial charge in [-0.25, -0.2) is 0 Å². The molecule has 4 rings (SSSR count). The third kappa shape index (κ3) is 3.92. The molecule has 2 aromatic rings. The molecule has 0 unspecified atom stereocenters. The Morgan fingerprint density at radius 1 is 1.17 bits per heavy atom. The summed E-state index contributed by atoms with van der Waals surface area (Å²) in [4.78, 5) is 31.0. The molecule has 0 bridgehead atoms. The molecule has 1 aliphatic heterocycles. The zero-order valence-corrected chi connectivity index (χ0v) is 17.6. The van der Waals surface area contributed by atoms with E-state index in [0.717, 1.165) is 48.4 Å². The molecule has 1 aromatic heterocycles. The smallest absolute Gasteiger partial charge is 0.230 e. The van der Waals surface area contributed by atoms with E-state index >= 15 is 0 Å². The zero-order valence-electron chi connectivity index (χ0n) is 17.6. The first-order valence-electron chi connectivity index (χ1n) is 10.3. The molecule has 1 fully saturated rings. The minimum atomic E-state index is -0.0395. The van der Waals surface area contributed by atoms with Crippen molar-refractivity contribution in [3.8, 4) is 11.1 Å². The van der Waals surface area contributed by atoms with Crippen molar-refractivity contribution in [2.75, 3.05) is 37.0 Å². The Morgan fingerprint density at radius 2 is 1.93 bits per heavy atom. The lowest BCUT2D eigenvalue weighted by molar-refractivity contribution is -0.120. The number of nitrogens with zero attached hydrogens (tertiary/aromatic N) is 5. The molecule has 0 radical (unpaired) electrons. The van der Waals surface area contributed by atoms with E-state index < -0.39 is 0 Å². The molecule has 2 heterocycles. The van der Waals surface area contributed by atoms with Crippen LogP contribution in [0.5, 0.6) is 0 Å². The maximum absolute atomic E-state index is 12.9. The Morgan fingerprint density at radius 3 is 2.59 bits per heavy atom. The van der Waals surface area contributed by atoms with Gasteiger partial charge in [0, 0.05) is 37.7 Å². The van der Waals surface area contributed by atoms with Crippen molar-refractivity contribution in [3.63, 3.8) is 0 Å². The van der Waals surface area contributed by atoms with Gasteiger partial charge < -0.3 is 14.7 Å². The summed E-state index contributed by atoms with van der Waals surface area (Å²) in [6.07, 6.45) is 5.83. The van der Waals surface area contributed by atoms with Crippen LogP contribution in [0.2, 0.25) is 0 Å². The van der Waals surface area contributed by atoms with Gasteiger partial charge in [-0.3, -0.25) is 14.3 Å². The average molecular weight is 396 g/mol. The number of benzene rings is 1. The summed E-state index contributed by atoms with van der Waals surface area (Å²) in [6, 6.07) is 5.97. The van der Waals surface area contributed by atoms with Gasteiger partial charge in [-0.2, -0.15) is 5.10 Å². The molecule has 1 aromatic carbocycles. The van der Waals surface area contributed by atoms with Gasteiger partial charge in [0.15, 0.2) is 0 Å². The highest BCUT2D eigenvalue weighted by molar-refractivity contribution is 6.06. The summed E-state index contributed by atoms with van der Waals surface area (Å²) >= 11 is 0. The van der Waals surface area contributed by atoms with Crippen LogP contribution in [0.3, 0.4) is 0 Å². The molecule has 7 heteroatoms. The Balaban J connectivity index is 1.69. The SMILES string of the molecule is CC(=O)N1c2ccc(-c3cnn(CCN(C)C)c3)cc2N(C(=O)C2CC2)C[C@@H]1C. The van der Waals surface area contributed by atoms with Crippen LogP contribution in [0.25, 0.3) is 11.1 Å². The number of fused-ring (bicyclic) bond motifs is 1. The summed E-state index contributed by atoms with van der Waals surface area (Å²) in [7, 11) is 4.09. The van der Waals surface area contributed by atoms with Crippen LogP contribution >= 0.6 is 0 Å². The van der Waals surface area contributed by atoms with Crippen molar-refractivity contribution in [1.29, 1.82) is 0 Å². The maximum Gasteiger partial charge on any atom is 0.230 e. The zero-order chi connectivity index (χ0) is 20.7. The summed E-state index contributed by atoms with van der Waals surface area (Å²) in [6.45, 7) is 5.86. The van der Waals surface area contributed by atoms with Gasteiger partial charge in [0.05, 0.1) is 30.2 Å². The highest BCUT2D eigenvalue weighted by atomic mass is 16.2. The van der Waals surface area contributed by atoms with Crippen molar-refractivity contribution >= 4 is 23.2 Å². The molecular weight excluding hydrogens is 366 g/mol. The number of hydrogen-bond acceptors (Lipinski definition) is 4. The molecule has 0 spiro atoms. The normalized spacial score (nSPS) is 18.9. The molecule has 1 atom stereocenters. The first-order valence-corrected chi connectivity index (χ1v) is 10.3. The van der Waals surface area contributed by atoms with Gasteiger partial charge in [-0.05, 0) is 51.6 Å². The predicted molar refractivity (Wildman–Crippen MR) is 114 cm³/mol. The fourth-order valence-corrected chi connectivity index (χ4v) is 3.98. The van der Waals surface area contributed by atoms with Crippen molar-refractivity contribution < 1.29 is 9.59 Å². The van der Waals surface area contributed by atoms with E-state index in [2.05, 4.69) is 10.00 Å². The van der Waals surface area contributed by atoms with Crippen LogP contribution in [0.1, 0.15) is 26.7 Å². The topological polar surface area (TPSA) is 61.7 Å². The van der Waals surface area contributed by atoms with Crippen LogP contribution in [0.4, 0.5) is 11.4 Å². The molecule has 0 saturated heterocycles. The molecule has 2 aliphatic rings. The molecule has 0 N–H and O–H groups in total. The van der Waals surface area contributed by atoms with Crippen molar-refractivity contribution in [2.45, 2.75) is 39.3 Å². The number of hydrogen-bond donors (Lipinski definition) is 0. The largest absolute Gasteiger partial charge is 0.308 e. The van der Waals surface area contributed by atoms with Gasteiger partial charge in [0.25, 0.3) is 0 Å². The molecule has 7 nitrogen and oxygen atoms in total. The van der Waals surface area contributed by atoms with Crippen LogP contribution in [0, 0.1) is 5.92 Å². The fraction of sp³-hybridized carbons (Fsp3) is 0.500. The van der Waals surface area contributed by atoms with E-state index in [1.165, 1.54) is 0 Å². The van der Waals surface area contributed by atoms with Gasteiger partial charge in [0.1, 0.15) is 0 Å². The minimum Gasteiger partial charge on any atom is -0.308 e. The van der Waals surface area contributed by atoms with Gasteiger partial charge in [-0.1, -0.05) is 6.07 Å². The Bertz CT molecular complexity index is 931. The van der Waals surface area contributed by atoms with E-state index in [0.29, 0.717) is 6.54 Å². The number of carbonyl (C=O) groups is 2. The van der Waals surface area contributed by atoms with E-state index in [1.807, 2.05) is 61.2 Å². The highest BCUT2D eigenvalue weighted by Gasteiger charge is 2.39. The summed E-state index contributed by atoms with van der Waals surface area (Å²) < 4.78 is 1.94. The van der Waals surface area contributed by atoms with E-state index in [1.54, 1.807) is 11.8 Å². The summed E-state index contributed by atoms with van der Waals surface area (Å²) in [5.41, 5.74) is 3.66. The molecular formula is C22H29N5O2. The Hall–Kier alpha value is -2.67. The van der Waals surface area contributed by atoms with Gasteiger partial charge in [-0.15, -0.1) is 0 Å². The van der Waals surface area contributed by atoms with Crippen LogP contribution in [0.15, 0.2) is 30.6 Å². The number of likely N-dealkylation sites (N-methyl/N-ethyl adjacent to an activating group) is 1. The number of anilines is 2. The van der Waals surface area contributed by atoms with Crippen molar-refractivity contribution in [1.82, 2.24) is 14.7 Å². The van der Waals surface area contributed by atoms with Crippen molar-refractivity contribution in [2.24, 2.45) is 5.92 Å². The lowest BCUT2D eigenvalue weighted by Crippen LogP contribution is -2.51. The van der Waals surface area contributed by atoms with Crippen LogP contribution in [-0.2, 0) is 16.1 Å². The second kappa shape index (κ2) is 7.63. The third-order valence-electron chi connectivity index (χ3n) is 5.69. The molecule has 2 amide bonds. The minimum absolute atomic E-state index is 0.00141. The first kappa shape index (κ1) is 19.6. The van der Waals surface area contributed by atoms with Gasteiger partial charge in [0.2, 0.25) is 11.8 Å². The number of aromatic nitrogens is 2. The standard InChI is InChI=1S/C22H29N5O2/c1-15-13-26(22(29)17-5-6-17)21-11-18(7-8-20(21)27(15)16(2)28)19-12-23-25(14-19)10-9-24(3)4/h7-8,11-12,14-15,17H,5-6,9-10,13H2,1-4H3/t15-/m0/s1. The lowest BCUT2D eigenvalue weighted by atomic mass is 10.0. The third-order valence-corrected chi connectivity index (χ3v) is 5.69. The number of rotatable bonds is 5. The van der Waals surface area contributed by atoms with Crippen LogP contribution < -0.4 is 9.80 Å². The molecule has 29 heavy (non-hydrogen) atoms. The monoisotopic (exact) mass is 395 g/mol. The maximum atomic E-state index is 12.9. The number of carbonyl (C=O) groups excluding carboxylic acids is 2. The first-order chi connectivity index (χ1) is 13.8. The van der Waals surface area contributed by atoms with E-state index in [-0.39, 0.29) is 23.8 Å². The Kier molecular flexibility index (Phi) is 5.17. The number of amides is 2. The summed E-state index contributed by atoms with van der Waals surface area (Å²) in [5.74, 6) is 0.318. The average Bonchev–Trinajstić information content (AvgIpc) is 3.42. The van der Waals surface area contributed by atoms with Crippen molar-refractivity contribution in [3.05, 3.63) is 30.6 Å². The predicted octanol–water partition coefficient (Wildman–Crippen LogP) is 2.61. The Labute approximate surface area is 171 Å². The summed E-state index contributed by atoms with van der Waals surface area (Å²) in [5, 5.41) is 4.47. The van der Waals surface area contributed by atoms with Gasteiger partial charge >= 0.3 is 0 Å². The fourth-order valence-electron chi connectivity index (χ4n) is 3.98. The van der Waals surface area contributed by atoms with E-state index in [9.17, 15) is 9.59 Å². The quantitative estimate of drug-likeness (QED) is 0.781. The molecule has 1 aliphatic carbocycles. The highest BCUT2D eigenvalue weighted by Crippen LogP contribution is 2.41. The molecule has 1 saturated carbocycles. The second-order valence-electron chi connectivity index (χ2n) is 8.46.